The fourth-order valence-corrected chi connectivity index (χ4v) is 4.33. The van der Waals surface area contributed by atoms with Gasteiger partial charge in [-0.3, -0.25) is 0 Å². The molecule has 1 aliphatic heterocycles. The lowest BCUT2D eigenvalue weighted by Gasteiger charge is -2.41. The number of fused-ring (bicyclic) bond motifs is 1. The van der Waals surface area contributed by atoms with Crippen LogP contribution < -0.4 is 5.32 Å². The molecule has 154 valence electrons. The summed E-state index contributed by atoms with van der Waals surface area (Å²) in [6.45, 7) is 0.346. The Labute approximate surface area is 174 Å². The maximum absolute atomic E-state index is 10.7. The zero-order valence-electron chi connectivity index (χ0n) is 16.1. The van der Waals surface area contributed by atoms with Gasteiger partial charge in [0.25, 0.3) is 0 Å². The second kappa shape index (κ2) is 8.44. The van der Waals surface area contributed by atoms with Crippen molar-refractivity contribution in [2.24, 2.45) is 0 Å². The maximum atomic E-state index is 10.7. The number of rotatable bonds is 5. The Hall–Kier alpha value is -1.93. The molecule has 0 radical (unpaired) electrons. The predicted molar refractivity (Wildman–Crippen MR) is 112 cm³/mol. The lowest BCUT2D eigenvalue weighted by atomic mass is 9.97. The van der Waals surface area contributed by atoms with Crippen molar-refractivity contribution < 1.29 is 20.1 Å². The van der Waals surface area contributed by atoms with Crippen molar-refractivity contribution in [1.82, 2.24) is 9.88 Å². The summed E-state index contributed by atoms with van der Waals surface area (Å²) in [6.07, 6.45) is -2.70. The number of nitrogens with zero attached hydrogens (tertiary/aromatic N) is 1. The number of hydrogen-bond donors (Lipinski definition) is 4. The molecule has 0 bridgehead atoms. The Morgan fingerprint density at radius 2 is 1.76 bits per heavy atom. The van der Waals surface area contributed by atoms with E-state index in [0.29, 0.717) is 18.0 Å². The molecule has 1 fully saturated rings. The molecule has 0 amide bonds. The van der Waals surface area contributed by atoms with E-state index in [4.69, 9.17) is 16.3 Å². The maximum Gasteiger partial charge on any atom is 0.163 e. The van der Waals surface area contributed by atoms with E-state index in [0.717, 1.165) is 22.0 Å². The summed E-state index contributed by atoms with van der Waals surface area (Å²) in [4.78, 5) is 0. The molecular formula is C22H25ClN2O4. The van der Waals surface area contributed by atoms with Crippen LogP contribution in [0.25, 0.3) is 10.9 Å². The first-order valence-electron chi connectivity index (χ1n) is 9.67. The number of aliphatic hydroxyl groups is 3. The second-order valence-corrected chi connectivity index (χ2v) is 7.86. The molecule has 0 unspecified atom stereocenters. The Kier molecular flexibility index (Phi) is 5.92. The molecule has 29 heavy (non-hydrogen) atoms. The van der Waals surface area contributed by atoms with Crippen molar-refractivity contribution in [2.45, 2.75) is 37.1 Å². The normalized spacial score (nSPS) is 27.4. The van der Waals surface area contributed by atoms with Gasteiger partial charge in [-0.25, -0.2) is 0 Å². The highest BCUT2D eigenvalue weighted by atomic mass is 35.5. The minimum atomic E-state index is -1.32. The average Bonchev–Trinajstić information content (AvgIpc) is 3.09. The minimum Gasteiger partial charge on any atom is -0.388 e. The van der Waals surface area contributed by atoms with Crippen LogP contribution in [0, 0.1) is 0 Å². The van der Waals surface area contributed by atoms with Crippen molar-refractivity contribution >= 4 is 22.5 Å². The SMILES string of the molecule is CNC[C@H]1O[C@@H](n2cc(Cc3ccccc3)c3c(Cl)cccc32)[C@H](O)[C@@H](O)[C@@H]1O. The summed E-state index contributed by atoms with van der Waals surface area (Å²) in [7, 11) is 1.74. The number of benzene rings is 2. The van der Waals surface area contributed by atoms with Crippen LogP contribution in [0.15, 0.2) is 54.7 Å². The molecule has 3 aromatic rings. The Morgan fingerprint density at radius 3 is 2.48 bits per heavy atom. The molecule has 6 nitrogen and oxygen atoms in total. The van der Waals surface area contributed by atoms with Crippen molar-refractivity contribution in [3.8, 4) is 0 Å². The largest absolute Gasteiger partial charge is 0.388 e. The van der Waals surface area contributed by atoms with Gasteiger partial charge in [0.1, 0.15) is 24.4 Å². The number of ether oxygens (including phenoxy) is 1. The highest BCUT2D eigenvalue weighted by Crippen LogP contribution is 2.36. The summed E-state index contributed by atoms with van der Waals surface area (Å²) in [6, 6.07) is 15.7. The van der Waals surface area contributed by atoms with Crippen LogP contribution in [0.4, 0.5) is 0 Å². The second-order valence-electron chi connectivity index (χ2n) is 7.45. The topological polar surface area (TPSA) is 86.9 Å². The fraction of sp³-hybridized carbons (Fsp3) is 0.364. The van der Waals surface area contributed by atoms with Crippen LogP contribution in [-0.2, 0) is 11.2 Å². The van der Waals surface area contributed by atoms with E-state index in [1.54, 1.807) is 7.05 Å². The molecular weight excluding hydrogens is 392 g/mol. The van der Waals surface area contributed by atoms with Gasteiger partial charge in [-0.2, -0.15) is 0 Å². The lowest BCUT2D eigenvalue weighted by Crippen LogP contribution is -2.57. The molecule has 1 aromatic heterocycles. The van der Waals surface area contributed by atoms with Gasteiger partial charge in [-0.05, 0) is 36.7 Å². The smallest absolute Gasteiger partial charge is 0.163 e. The summed E-state index contributed by atoms with van der Waals surface area (Å²) in [5.41, 5.74) is 2.94. The average molecular weight is 417 g/mol. The molecule has 0 spiro atoms. The van der Waals surface area contributed by atoms with E-state index < -0.39 is 30.6 Å². The molecule has 2 heterocycles. The highest BCUT2D eigenvalue weighted by Gasteiger charge is 2.44. The first kappa shape index (κ1) is 20.3. The van der Waals surface area contributed by atoms with E-state index in [9.17, 15) is 15.3 Å². The van der Waals surface area contributed by atoms with E-state index >= 15 is 0 Å². The van der Waals surface area contributed by atoms with Gasteiger partial charge < -0.3 is 29.9 Å². The molecule has 4 N–H and O–H groups in total. The van der Waals surface area contributed by atoms with Crippen LogP contribution in [0.3, 0.4) is 0 Å². The molecule has 1 saturated heterocycles. The molecule has 2 aromatic carbocycles. The predicted octanol–water partition coefficient (Wildman–Crippen LogP) is 2.08. The first-order chi connectivity index (χ1) is 14.0. The Bertz CT molecular complexity index is 978. The molecule has 4 rings (SSSR count). The van der Waals surface area contributed by atoms with Crippen LogP contribution >= 0.6 is 11.6 Å². The number of likely N-dealkylation sites (N-methyl/N-ethyl adjacent to an activating group) is 1. The fourth-order valence-electron chi connectivity index (χ4n) is 4.04. The van der Waals surface area contributed by atoms with Crippen molar-refractivity contribution in [1.29, 1.82) is 0 Å². The molecule has 5 atom stereocenters. The van der Waals surface area contributed by atoms with Gasteiger partial charge in [0.05, 0.1) is 10.5 Å². The third-order valence-corrected chi connectivity index (χ3v) is 5.80. The summed E-state index contributed by atoms with van der Waals surface area (Å²) < 4.78 is 7.82. The zero-order valence-corrected chi connectivity index (χ0v) is 16.8. The van der Waals surface area contributed by atoms with Gasteiger partial charge in [0.2, 0.25) is 0 Å². The summed E-state index contributed by atoms with van der Waals surface area (Å²) >= 11 is 6.53. The Balaban J connectivity index is 1.78. The van der Waals surface area contributed by atoms with Crippen LogP contribution in [0.5, 0.6) is 0 Å². The Morgan fingerprint density at radius 1 is 1.00 bits per heavy atom. The van der Waals surface area contributed by atoms with Gasteiger partial charge in [-0.1, -0.05) is 48.0 Å². The number of aliphatic hydroxyl groups excluding tert-OH is 3. The van der Waals surface area contributed by atoms with E-state index in [-0.39, 0.29) is 0 Å². The van der Waals surface area contributed by atoms with Crippen molar-refractivity contribution in [2.75, 3.05) is 13.6 Å². The van der Waals surface area contributed by atoms with E-state index in [2.05, 4.69) is 17.4 Å². The van der Waals surface area contributed by atoms with Crippen molar-refractivity contribution in [3.63, 3.8) is 0 Å². The van der Waals surface area contributed by atoms with E-state index in [1.165, 1.54) is 0 Å². The molecule has 7 heteroatoms. The van der Waals surface area contributed by atoms with Crippen molar-refractivity contribution in [3.05, 3.63) is 70.9 Å². The van der Waals surface area contributed by atoms with Crippen LogP contribution in [0.2, 0.25) is 5.02 Å². The quantitative estimate of drug-likeness (QED) is 0.511. The minimum absolute atomic E-state index is 0.346. The highest BCUT2D eigenvalue weighted by molar-refractivity contribution is 6.35. The summed E-state index contributed by atoms with van der Waals surface area (Å²) in [5, 5.41) is 35.8. The molecule has 0 aliphatic carbocycles. The summed E-state index contributed by atoms with van der Waals surface area (Å²) in [5.74, 6) is 0. The van der Waals surface area contributed by atoms with Crippen LogP contribution in [-0.4, -0.2) is 57.9 Å². The van der Waals surface area contributed by atoms with Crippen LogP contribution in [0.1, 0.15) is 17.4 Å². The van der Waals surface area contributed by atoms with Gasteiger partial charge in [0.15, 0.2) is 6.23 Å². The third-order valence-electron chi connectivity index (χ3n) is 5.49. The van der Waals surface area contributed by atoms with Gasteiger partial charge in [-0.15, -0.1) is 0 Å². The first-order valence-corrected chi connectivity index (χ1v) is 10.0. The third kappa shape index (κ3) is 3.80. The molecule has 1 aliphatic rings. The lowest BCUT2D eigenvalue weighted by molar-refractivity contribution is -0.242. The zero-order chi connectivity index (χ0) is 20.5. The number of hydrogen-bond acceptors (Lipinski definition) is 5. The van der Waals surface area contributed by atoms with Gasteiger partial charge >= 0.3 is 0 Å². The monoisotopic (exact) mass is 416 g/mol. The number of aromatic nitrogens is 1. The molecule has 0 saturated carbocycles. The van der Waals surface area contributed by atoms with Gasteiger partial charge in [0, 0.05) is 18.1 Å². The number of nitrogens with one attached hydrogen (secondary N) is 1. The standard InChI is InChI=1S/C22H25ClN2O4/c1-24-11-17-19(26)20(27)21(28)22(29-17)25-12-14(10-13-6-3-2-4-7-13)18-15(23)8-5-9-16(18)25/h2-9,12,17,19-22,24,26-28H,10-11H2,1H3/t17-,19-,20+,21-,22-/m1/s1. The van der Waals surface area contributed by atoms with E-state index in [1.807, 2.05) is 47.2 Å². The number of halogens is 1.